The summed E-state index contributed by atoms with van der Waals surface area (Å²) in [4.78, 5) is 14.3. The lowest BCUT2D eigenvalue weighted by atomic mass is 10.1. The quantitative estimate of drug-likeness (QED) is 0.841. The highest BCUT2D eigenvalue weighted by molar-refractivity contribution is 7.89. The molecule has 2 N–H and O–H groups in total. The van der Waals surface area contributed by atoms with Crippen molar-refractivity contribution in [1.29, 1.82) is 0 Å². The Morgan fingerprint density at radius 2 is 1.80 bits per heavy atom. The van der Waals surface area contributed by atoms with Gasteiger partial charge in [0.1, 0.15) is 10.6 Å². The average Bonchev–Trinajstić information content (AvgIpc) is 2.94. The van der Waals surface area contributed by atoms with Crippen LogP contribution >= 0.6 is 0 Å². The van der Waals surface area contributed by atoms with E-state index in [0.29, 0.717) is 11.4 Å². The van der Waals surface area contributed by atoms with Crippen LogP contribution in [-0.4, -0.2) is 65.0 Å². The van der Waals surface area contributed by atoms with Crippen LogP contribution in [0.5, 0.6) is 5.75 Å². The fourth-order valence-electron chi connectivity index (χ4n) is 3.01. The number of carbonyl (C=O) groups excluding carboxylic acids is 1. The minimum absolute atomic E-state index is 0.0767. The number of benzene rings is 1. The van der Waals surface area contributed by atoms with Crippen LogP contribution in [0.25, 0.3) is 0 Å². The third kappa shape index (κ3) is 3.12. The third-order valence-electron chi connectivity index (χ3n) is 4.32. The molecule has 9 heteroatoms. The average molecular weight is 364 g/mol. The lowest BCUT2D eigenvalue weighted by Gasteiger charge is -2.34. The Morgan fingerprint density at radius 3 is 2.36 bits per heavy atom. The molecule has 0 unspecified atom stereocenters. The standard InChI is InChI=1S/C16H20N4O4S/c1-11-15(12(2)18-17-11)25(23,24)20-9-7-19(8-10-20)16(22)13-5-3-4-6-14(13)21/h3-6,21H,7-10H2,1-2H3,(H,17,18). The molecule has 134 valence electrons. The number of aromatic nitrogens is 2. The van der Waals surface area contributed by atoms with Gasteiger partial charge in [-0.2, -0.15) is 9.40 Å². The molecule has 0 bridgehead atoms. The van der Waals surface area contributed by atoms with Crippen LogP contribution in [-0.2, 0) is 10.0 Å². The largest absolute Gasteiger partial charge is 0.507 e. The maximum absolute atomic E-state index is 12.8. The van der Waals surface area contributed by atoms with Crippen LogP contribution in [0, 0.1) is 13.8 Å². The first-order chi connectivity index (χ1) is 11.8. The van der Waals surface area contributed by atoms with Gasteiger partial charge >= 0.3 is 0 Å². The maximum Gasteiger partial charge on any atom is 0.257 e. The molecule has 1 saturated heterocycles. The van der Waals surface area contributed by atoms with Crippen LogP contribution in [0.4, 0.5) is 0 Å². The molecule has 25 heavy (non-hydrogen) atoms. The van der Waals surface area contributed by atoms with Crippen molar-refractivity contribution in [1.82, 2.24) is 19.4 Å². The molecule has 0 atom stereocenters. The van der Waals surface area contributed by atoms with Crippen LogP contribution in [0.15, 0.2) is 29.2 Å². The molecule has 1 aromatic carbocycles. The fourth-order valence-corrected chi connectivity index (χ4v) is 4.76. The van der Waals surface area contributed by atoms with Gasteiger partial charge in [-0.3, -0.25) is 9.89 Å². The van der Waals surface area contributed by atoms with Gasteiger partial charge in [0.2, 0.25) is 10.0 Å². The molecule has 0 aliphatic carbocycles. The first-order valence-electron chi connectivity index (χ1n) is 7.91. The van der Waals surface area contributed by atoms with Crippen LogP contribution in [0.1, 0.15) is 21.7 Å². The third-order valence-corrected chi connectivity index (χ3v) is 6.48. The SMILES string of the molecule is Cc1n[nH]c(C)c1S(=O)(=O)N1CCN(C(=O)c2ccccc2O)CC1. The second-order valence-corrected chi connectivity index (χ2v) is 7.85. The van der Waals surface area contributed by atoms with Crippen molar-refractivity contribution in [3.63, 3.8) is 0 Å². The van der Waals surface area contributed by atoms with E-state index in [2.05, 4.69) is 10.2 Å². The zero-order valence-electron chi connectivity index (χ0n) is 14.1. The Kier molecular flexibility index (Phi) is 4.53. The number of H-pyrrole nitrogens is 1. The minimum atomic E-state index is -3.65. The van der Waals surface area contributed by atoms with Crippen molar-refractivity contribution in [2.24, 2.45) is 0 Å². The van der Waals surface area contributed by atoms with Gasteiger partial charge in [-0.1, -0.05) is 12.1 Å². The second kappa shape index (κ2) is 6.49. The van der Waals surface area contributed by atoms with Crippen molar-refractivity contribution < 1.29 is 18.3 Å². The van der Waals surface area contributed by atoms with E-state index in [1.54, 1.807) is 36.9 Å². The van der Waals surface area contributed by atoms with E-state index >= 15 is 0 Å². The van der Waals surface area contributed by atoms with Crippen molar-refractivity contribution in [2.45, 2.75) is 18.7 Å². The Hall–Kier alpha value is -2.39. The van der Waals surface area contributed by atoms with Gasteiger partial charge in [-0.05, 0) is 26.0 Å². The summed E-state index contributed by atoms with van der Waals surface area (Å²) in [6, 6.07) is 6.34. The van der Waals surface area contributed by atoms with Gasteiger partial charge in [0.05, 0.1) is 17.0 Å². The molecule has 1 aromatic heterocycles. The van der Waals surface area contributed by atoms with Crippen molar-refractivity contribution in [3.05, 3.63) is 41.2 Å². The van der Waals surface area contributed by atoms with Gasteiger partial charge in [-0.25, -0.2) is 8.42 Å². The fraction of sp³-hybridized carbons (Fsp3) is 0.375. The van der Waals surface area contributed by atoms with Crippen molar-refractivity contribution in [3.8, 4) is 5.75 Å². The number of nitrogens with one attached hydrogen (secondary N) is 1. The molecule has 1 aliphatic rings. The van der Waals surface area contributed by atoms with E-state index < -0.39 is 10.0 Å². The predicted octanol–water partition coefficient (Wildman–Crippen LogP) is 0.879. The van der Waals surface area contributed by atoms with Gasteiger partial charge in [0.25, 0.3) is 5.91 Å². The number of carbonyl (C=O) groups is 1. The molecule has 2 heterocycles. The lowest BCUT2D eigenvalue weighted by Crippen LogP contribution is -2.50. The van der Waals surface area contributed by atoms with Crippen molar-refractivity contribution >= 4 is 15.9 Å². The number of aromatic amines is 1. The molecule has 0 spiro atoms. The number of piperazine rings is 1. The van der Waals surface area contributed by atoms with E-state index in [1.165, 1.54) is 10.4 Å². The summed E-state index contributed by atoms with van der Waals surface area (Å²) < 4.78 is 27.0. The molecule has 0 radical (unpaired) electrons. The van der Waals surface area contributed by atoms with Crippen LogP contribution in [0.2, 0.25) is 0 Å². The van der Waals surface area contributed by atoms with Crippen molar-refractivity contribution in [2.75, 3.05) is 26.2 Å². The molecule has 2 aromatic rings. The number of phenols is 1. The number of aromatic hydroxyl groups is 1. The van der Waals surface area contributed by atoms with Gasteiger partial charge in [0, 0.05) is 26.2 Å². The normalized spacial score (nSPS) is 16.2. The summed E-state index contributed by atoms with van der Waals surface area (Å²) >= 11 is 0. The first-order valence-corrected chi connectivity index (χ1v) is 9.35. The highest BCUT2D eigenvalue weighted by Gasteiger charge is 2.33. The van der Waals surface area contributed by atoms with Crippen LogP contribution in [0.3, 0.4) is 0 Å². The number of aryl methyl sites for hydroxylation is 2. The lowest BCUT2D eigenvalue weighted by molar-refractivity contribution is 0.0695. The van der Waals surface area contributed by atoms with E-state index in [1.807, 2.05) is 0 Å². The molecule has 0 saturated carbocycles. The van der Waals surface area contributed by atoms with E-state index in [4.69, 9.17) is 0 Å². The van der Waals surface area contributed by atoms with Crippen LogP contribution < -0.4 is 0 Å². The number of rotatable bonds is 3. The first kappa shape index (κ1) is 17.4. The molecule has 3 rings (SSSR count). The Balaban J connectivity index is 1.74. The van der Waals surface area contributed by atoms with E-state index in [-0.39, 0.29) is 48.3 Å². The highest BCUT2D eigenvalue weighted by atomic mass is 32.2. The topological polar surface area (TPSA) is 107 Å². The summed E-state index contributed by atoms with van der Waals surface area (Å²) in [5.74, 6) is -0.377. The number of para-hydroxylation sites is 1. The van der Waals surface area contributed by atoms with E-state index in [9.17, 15) is 18.3 Å². The Morgan fingerprint density at radius 1 is 1.16 bits per heavy atom. The number of nitrogens with zero attached hydrogens (tertiary/aromatic N) is 3. The summed E-state index contributed by atoms with van der Waals surface area (Å²) in [6.07, 6.45) is 0. The van der Waals surface area contributed by atoms with Gasteiger partial charge in [-0.15, -0.1) is 0 Å². The van der Waals surface area contributed by atoms with Gasteiger partial charge in [0.15, 0.2) is 0 Å². The zero-order chi connectivity index (χ0) is 18.2. The molecule has 8 nitrogen and oxygen atoms in total. The monoisotopic (exact) mass is 364 g/mol. The molecular formula is C16H20N4O4S. The molecular weight excluding hydrogens is 344 g/mol. The maximum atomic E-state index is 12.8. The molecule has 1 aliphatic heterocycles. The summed E-state index contributed by atoms with van der Waals surface area (Å²) in [6.45, 7) is 4.25. The van der Waals surface area contributed by atoms with Gasteiger partial charge < -0.3 is 10.0 Å². The minimum Gasteiger partial charge on any atom is -0.507 e. The summed E-state index contributed by atoms with van der Waals surface area (Å²) in [5, 5.41) is 16.5. The number of hydrogen-bond acceptors (Lipinski definition) is 5. The number of amides is 1. The Labute approximate surface area is 146 Å². The smallest absolute Gasteiger partial charge is 0.257 e. The molecule has 1 fully saturated rings. The zero-order valence-corrected chi connectivity index (χ0v) is 14.9. The molecule has 1 amide bonds. The summed E-state index contributed by atoms with van der Waals surface area (Å²) in [5.41, 5.74) is 1.16. The second-order valence-electron chi connectivity index (χ2n) is 5.98. The van der Waals surface area contributed by atoms with E-state index in [0.717, 1.165) is 0 Å². The highest BCUT2D eigenvalue weighted by Crippen LogP contribution is 2.24. The number of phenolic OH excluding ortho intramolecular Hbond substituents is 1. The Bertz CT molecular complexity index is 879. The number of hydrogen-bond donors (Lipinski definition) is 2. The summed E-state index contributed by atoms with van der Waals surface area (Å²) in [7, 11) is -3.65. The predicted molar refractivity (Wildman–Crippen MR) is 90.8 cm³/mol. The number of sulfonamides is 1.